The molecule has 22 heavy (non-hydrogen) atoms. The number of nitrogens with zero attached hydrogens (tertiary/aromatic N) is 3. The first-order valence-electron chi connectivity index (χ1n) is 7.67. The number of ether oxygens (including phenoxy) is 1. The summed E-state index contributed by atoms with van der Waals surface area (Å²) in [5, 5.41) is 4.25. The van der Waals surface area contributed by atoms with Crippen molar-refractivity contribution in [3.05, 3.63) is 48.3 Å². The van der Waals surface area contributed by atoms with Gasteiger partial charge in [-0.3, -0.25) is 9.48 Å². The summed E-state index contributed by atoms with van der Waals surface area (Å²) < 4.78 is 7.10. The van der Waals surface area contributed by atoms with E-state index in [1.807, 2.05) is 52.3 Å². The molecule has 0 aliphatic carbocycles. The van der Waals surface area contributed by atoms with Gasteiger partial charge in [-0.05, 0) is 49.1 Å². The summed E-state index contributed by atoms with van der Waals surface area (Å²) in [5.74, 6) is 1.48. The summed E-state index contributed by atoms with van der Waals surface area (Å²) in [4.78, 5) is 14.4. The molecule has 1 amide bonds. The lowest BCUT2D eigenvalue weighted by Crippen LogP contribution is -2.39. The average Bonchev–Trinajstić information content (AvgIpc) is 3.08. The molecule has 0 spiro atoms. The fourth-order valence-electron chi connectivity index (χ4n) is 2.91. The number of carbonyl (C=O) groups is 1. The van der Waals surface area contributed by atoms with Gasteiger partial charge in [0.2, 0.25) is 0 Å². The van der Waals surface area contributed by atoms with Crippen molar-refractivity contribution in [3.8, 4) is 5.75 Å². The molecule has 1 aliphatic heterocycles. The zero-order valence-corrected chi connectivity index (χ0v) is 12.8. The Morgan fingerprint density at radius 2 is 2.00 bits per heavy atom. The number of likely N-dealkylation sites (tertiary alicyclic amines) is 1. The second kappa shape index (κ2) is 6.64. The monoisotopic (exact) mass is 299 g/mol. The quantitative estimate of drug-likeness (QED) is 0.871. The Balaban J connectivity index is 1.54. The van der Waals surface area contributed by atoms with Crippen molar-refractivity contribution < 1.29 is 9.53 Å². The third-order valence-corrected chi connectivity index (χ3v) is 4.24. The van der Waals surface area contributed by atoms with Crippen molar-refractivity contribution in [3.63, 3.8) is 0 Å². The molecule has 3 rings (SSSR count). The van der Waals surface area contributed by atoms with E-state index in [0.29, 0.717) is 5.92 Å². The number of methoxy groups -OCH3 is 1. The predicted molar refractivity (Wildman–Crippen MR) is 83.8 cm³/mol. The summed E-state index contributed by atoms with van der Waals surface area (Å²) in [6.07, 6.45) is 5.86. The average molecular weight is 299 g/mol. The van der Waals surface area contributed by atoms with Gasteiger partial charge in [0.15, 0.2) is 0 Å². The summed E-state index contributed by atoms with van der Waals surface area (Å²) in [6.45, 7) is 2.57. The first kappa shape index (κ1) is 14.6. The largest absolute Gasteiger partial charge is 0.497 e. The third kappa shape index (κ3) is 3.30. The number of hydrogen-bond acceptors (Lipinski definition) is 3. The van der Waals surface area contributed by atoms with E-state index in [1.165, 1.54) is 0 Å². The molecule has 5 heteroatoms. The van der Waals surface area contributed by atoms with Crippen LogP contribution in [0.3, 0.4) is 0 Å². The highest BCUT2D eigenvalue weighted by molar-refractivity contribution is 5.94. The Kier molecular flexibility index (Phi) is 4.42. The Morgan fingerprint density at radius 1 is 1.27 bits per heavy atom. The number of rotatable bonds is 4. The van der Waals surface area contributed by atoms with Crippen LogP contribution in [0.2, 0.25) is 0 Å². The highest BCUT2D eigenvalue weighted by Crippen LogP contribution is 2.21. The molecule has 0 radical (unpaired) electrons. The first-order valence-corrected chi connectivity index (χ1v) is 7.67. The fourth-order valence-corrected chi connectivity index (χ4v) is 2.91. The van der Waals surface area contributed by atoms with Crippen LogP contribution in [0.15, 0.2) is 42.7 Å². The van der Waals surface area contributed by atoms with Gasteiger partial charge in [0.25, 0.3) is 5.91 Å². The van der Waals surface area contributed by atoms with E-state index in [-0.39, 0.29) is 5.91 Å². The summed E-state index contributed by atoms with van der Waals surface area (Å²) >= 11 is 0. The van der Waals surface area contributed by atoms with Crippen LogP contribution in [0.1, 0.15) is 23.2 Å². The molecular formula is C17H21N3O2. The van der Waals surface area contributed by atoms with Crippen molar-refractivity contribution in [1.29, 1.82) is 0 Å². The molecule has 116 valence electrons. The Bertz CT molecular complexity index is 599. The summed E-state index contributed by atoms with van der Waals surface area (Å²) in [7, 11) is 1.63. The maximum absolute atomic E-state index is 12.5. The van der Waals surface area contributed by atoms with Gasteiger partial charge in [0.05, 0.1) is 7.11 Å². The van der Waals surface area contributed by atoms with Gasteiger partial charge in [0.1, 0.15) is 5.75 Å². The lowest BCUT2D eigenvalue weighted by atomic mass is 9.96. The Labute approximate surface area is 130 Å². The lowest BCUT2D eigenvalue weighted by Gasteiger charge is -2.32. The zero-order chi connectivity index (χ0) is 15.4. The van der Waals surface area contributed by atoms with Crippen molar-refractivity contribution >= 4 is 5.91 Å². The van der Waals surface area contributed by atoms with Gasteiger partial charge in [-0.1, -0.05) is 0 Å². The molecule has 0 unspecified atom stereocenters. The summed E-state index contributed by atoms with van der Waals surface area (Å²) in [6, 6.07) is 9.27. The van der Waals surface area contributed by atoms with E-state index in [9.17, 15) is 4.79 Å². The fraction of sp³-hybridized carbons (Fsp3) is 0.412. The lowest BCUT2D eigenvalue weighted by molar-refractivity contribution is 0.0681. The molecule has 1 aromatic carbocycles. The van der Waals surface area contributed by atoms with Gasteiger partial charge in [-0.2, -0.15) is 5.10 Å². The number of amides is 1. The molecule has 0 saturated carbocycles. The second-order valence-corrected chi connectivity index (χ2v) is 5.69. The summed E-state index contributed by atoms with van der Waals surface area (Å²) in [5.41, 5.74) is 0.728. The normalized spacial score (nSPS) is 15.8. The van der Waals surface area contributed by atoms with Crippen LogP contribution >= 0.6 is 0 Å². The van der Waals surface area contributed by atoms with Gasteiger partial charge in [-0.15, -0.1) is 0 Å². The van der Waals surface area contributed by atoms with E-state index in [2.05, 4.69) is 5.10 Å². The van der Waals surface area contributed by atoms with Crippen LogP contribution in [-0.2, 0) is 6.54 Å². The molecule has 0 N–H and O–H groups in total. The number of carbonyl (C=O) groups excluding carboxylic acids is 1. The van der Waals surface area contributed by atoms with Crippen molar-refractivity contribution in [2.45, 2.75) is 19.4 Å². The smallest absolute Gasteiger partial charge is 0.253 e. The minimum absolute atomic E-state index is 0.111. The van der Waals surface area contributed by atoms with E-state index >= 15 is 0 Å². The minimum atomic E-state index is 0.111. The zero-order valence-electron chi connectivity index (χ0n) is 12.8. The van der Waals surface area contributed by atoms with E-state index in [0.717, 1.165) is 43.8 Å². The SMILES string of the molecule is COc1ccc(C(=O)N2CCC(Cn3cccn3)CC2)cc1. The topological polar surface area (TPSA) is 47.4 Å². The van der Waals surface area contributed by atoms with Crippen LogP contribution in [0.4, 0.5) is 0 Å². The van der Waals surface area contributed by atoms with Gasteiger partial charge < -0.3 is 9.64 Å². The van der Waals surface area contributed by atoms with Gasteiger partial charge in [-0.25, -0.2) is 0 Å². The van der Waals surface area contributed by atoms with Crippen LogP contribution in [0.5, 0.6) is 5.75 Å². The molecular weight excluding hydrogens is 278 g/mol. The molecule has 1 fully saturated rings. The number of aromatic nitrogens is 2. The van der Waals surface area contributed by atoms with Crippen molar-refractivity contribution in [2.24, 2.45) is 5.92 Å². The molecule has 5 nitrogen and oxygen atoms in total. The molecule has 1 aliphatic rings. The van der Waals surface area contributed by atoms with Crippen LogP contribution in [0.25, 0.3) is 0 Å². The van der Waals surface area contributed by atoms with Crippen LogP contribution < -0.4 is 4.74 Å². The Hall–Kier alpha value is -2.30. The maximum Gasteiger partial charge on any atom is 0.253 e. The van der Waals surface area contributed by atoms with Crippen LogP contribution in [-0.4, -0.2) is 40.8 Å². The standard InChI is InChI=1S/C17H21N3O2/c1-22-16-5-3-15(4-6-16)17(21)19-11-7-14(8-12-19)13-20-10-2-9-18-20/h2-6,9-10,14H,7-8,11-13H2,1H3. The van der Waals surface area contributed by atoms with Gasteiger partial charge in [0, 0.05) is 37.6 Å². The molecule has 1 aromatic heterocycles. The highest BCUT2D eigenvalue weighted by atomic mass is 16.5. The Morgan fingerprint density at radius 3 is 2.59 bits per heavy atom. The predicted octanol–water partition coefficient (Wildman–Crippen LogP) is 2.44. The maximum atomic E-state index is 12.5. The highest BCUT2D eigenvalue weighted by Gasteiger charge is 2.23. The molecule has 2 heterocycles. The molecule has 0 atom stereocenters. The van der Waals surface area contributed by atoms with Crippen molar-refractivity contribution in [1.82, 2.24) is 14.7 Å². The molecule has 0 bridgehead atoms. The molecule has 1 saturated heterocycles. The second-order valence-electron chi connectivity index (χ2n) is 5.69. The van der Waals surface area contributed by atoms with Crippen LogP contribution in [0, 0.1) is 5.92 Å². The minimum Gasteiger partial charge on any atom is -0.497 e. The third-order valence-electron chi connectivity index (χ3n) is 4.24. The first-order chi connectivity index (χ1) is 10.8. The van der Waals surface area contributed by atoms with E-state index in [4.69, 9.17) is 4.74 Å². The van der Waals surface area contributed by atoms with Gasteiger partial charge >= 0.3 is 0 Å². The van der Waals surface area contributed by atoms with Crippen molar-refractivity contribution in [2.75, 3.05) is 20.2 Å². The van der Waals surface area contributed by atoms with E-state index in [1.54, 1.807) is 7.11 Å². The molecule has 2 aromatic rings. The number of hydrogen-bond donors (Lipinski definition) is 0. The number of benzene rings is 1. The van der Waals surface area contributed by atoms with E-state index < -0.39 is 0 Å². The number of piperidine rings is 1.